The molecule has 3 rings (SSSR count). The number of halogens is 1. The third-order valence-corrected chi connectivity index (χ3v) is 4.45. The van der Waals surface area contributed by atoms with Gasteiger partial charge in [-0.2, -0.15) is 0 Å². The van der Waals surface area contributed by atoms with Crippen molar-refractivity contribution in [3.05, 3.63) is 82.6 Å². The minimum Gasteiger partial charge on any atom is -0.337 e. The van der Waals surface area contributed by atoms with E-state index in [1.54, 1.807) is 30.6 Å². The van der Waals surface area contributed by atoms with Crippen LogP contribution in [0.15, 0.2) is 60.9 Å². The predicted molar refractivity (Wildman–Crippen MR) is 109 cm³/mol. The average Bonchev–Trinajstić information content (AvgIpc) is 2.69. The Labute approximate surface area is 164 Å². The van der Waals surface area contributed by atoms with Crippen molar-refractivity contribution < 1.29 is 4.79 Å². The smallest absolute Gasteiger partial charge is 0.258 e. The normalized spacial score (nSPS) is 10.5. The number of hydrogen-bond acceptors (Lipinski definition) is 4. The first-order valence-electron chi connectivity index (χ1n) is 8.75. The van der Waals surface area contributed by atoms with Gasteiger partial charge in [-0.1, -0.05) is 41.9 Å². The van der Waals surface area contributed by atoms with E-state index in [-0.39, 0.29) is 5.91 Å². The molecule has 0 spiro atoms. The van der Waals surface area contributed by atoms with Crippen LogP contribution in [0.4, 0.5) is 11.6 Å². The average molecular weight is 381 g/mol. The van der Waals surface area contributed by atoms with Crippen LogP contribution in [0.5, 0.6) is 0 Å². The van der Waals surface area contributed by atoms with E-state index in [2.05, 4.69) is 39.2 Å². The molecule has 27 heavy (non-hydrogen) atoms. The van der Waals surface area contributed by atoms with E-state index in [1.165, 1.54) is 5.56 Å². The van der Waals surface area contributed by atoms with Gasteiger partial charge in [0.2, 0.25) is 5.95 Å². The number of aromatic nitrogens is 2. The standard InChI is InChI=1S/C21H21ClN4O/c1-3-26(14-16-7-5-4-6-8-16)21-23-12-17(13-24-21)20(27)25-19-10-9-18(22)11-15(19)2/h4-13H,3,14H2,1-2H3,(H,25,27). The maximum atomic E-state index is 12.5. The molecule has 0 aliphatic carbocycles. The van der Waals surface area contributed by atoms with E-state index < -0.39 is 0 Å². The fraction of sp³-hybridized carbons (Fsp3) is 0.190. The topological polar surface area (TPSA) is 58.1 Å². The predicted octanol–water partition coefficient (Wildman–Crippen LogP) is 4.72. The fourth-order valence-electron chi connectivity index (χ4n) is 2.69. The van der Waals surface area contributed by atoms with Crippen LogP contribution < -0.4 is 10.2 Å². The van der Waals surface area contributed by atoms with Gasteiger partial charge in [-0.05, 0) is 43.2 Å². The van der Waals surface area contributed by atoms with Gasteiger partial charge >= 0.3 is 0 Å². The highest BCUT2D eigenvalue weighted by atomic mass is 35.5. The molecular weight excluding hydrogens is 360 g/mol. The summed E-state index contributed by atoms with van der Waals surface area (Å²) in [7, 11) is 0. The van der Waals surface area contributed by atoms with Gasteiger partial charge in [0, 0.05) is 36.2 Å². The molecule has 1 heterocycles. The summed E-state index contributed by atoms with van der Waals surface area (Å²) in [4.78, 5) is 23.3. The molecule has 0 unspecified atom stereocenters. The Morgan fingerprint density at radius 3 is 2.44 bits per heavy atom. The zero-order chi connectivity index (χ0) is 19.2. The largest absolute Gasteiger partial charge is 0.337 e. The van der Waals surface area contributed by atoms with E-state index in [1.807, 2.05) is 25.1 Å². The summed E-state index contributed by atoms with van der Waals surface area (Å²) in [6, 6.07) is 15.5. The number of amides is 1. The molecule has 0 aliphatic rings. The van der Waals surface area contributed by atoms with E-state index >= 15 is 0 Å². The quantitative estimate of drug-likeness (QED) is 0.672. The number of nitrogens with zero attached hydrogens (tertiary/aromatic N) is 3. The second-order valence-electron chi connectivity index (χ2n) is 6.18. The van der Waals surface area contributed by atoms with Crippen LogP contribution >= 0.6 is 11.6 Å². The number of benzene rings is 2. The molecule has 2 aromatic carbocycles. The molecule has 1 amide bonds. The number of carbonyl (C=O) groups excluding carboxylic acids is 1. The van der Waals surface area contributed by atoms with Gasteiger partial charge in [-0.15, -0.1) is 0 Å². The van der Waals surface area contributed by atoms with Crippen molar-refractivity contribution in [1.29, 1.82) is 0 Å². The molecule has 0 fully saturated rings. The number of rotatable bonds is 6. The molecule has 0 aliphatic heterocycles. The molecule has 0 atom stereocenters. The third kappa shape index (κ3) is 4.83. The summed E-state index contributed by atoms with van der Waals surface area (Å²) in [5, 5.41) is 3.50. The molecule has 6 heteroatoms. The van der Waals surface area contributed by atoms with E-state index in [4.69, 9.17) is 11.6 Å². The molecule has 0 radical (unpaired) electrons. The van der Waals surface area contributed by atoms with Gasteiger partial charge in [0.25, 0.3) is 5.91 Å². The van der Waals surface area contributed by atoms with Crippen LogP contribution in [-0.2, 0) is 6.54 Å². The van der Waals surface area contributed by atoms with Crippen molar-refractivity contribution in [2.24, 2.45) is 0 Å². The second-order valence-corrected chi connectivity index (χ2v) is 6.62. The molecule has 1 aromatic heterocycles. The Kier molecular flexibility index (Phi) is 6.04. The highest BCUT2D eigenvalue weighted by Crippen LogP contribution is 2.20. The Hall–Kier alpha value is -2.92. The summed E-state index contributed by atoms with van der Waals surface area (Å²) < 4.78 is 0. The first-order valence-corrected chi connectivity index (χ1v) is 9.13. The summed E-state index contributed by atoms with van der Waals surface area (Å²) >= 11 is 5.95. The van der Waals surface area contributed by atoms with Crippen LogP contribution in [-0.4, -0.2) is 22.4 Å². The van der Waals surface area contributed by atoms with Crippen molar-refractivity contribution in [3.63, 3.8) is 0 Å². The van der Waals surface area contributed by atoms with Gasteiger partial charge < -0.3 is 10.2 Å². The van der Waals surface area contributed by atoms with Gasteiger partial charge in [0.15, 0.2) is 0 Å². The highest BCUT2D eigenvalue weighted by molar-refractivity contribution is 6.30. The monoisotopic (exact) mass is 380 g/mol. The van der Waals surface area contributed by atoms with Crippen molar-refractivity contribution in [3.8, 4) is 0 Å². The number of aryl methyl sites for hydroxylation is 1. The van der Waals surface area contributed by atoms with Crippen molar-refractivity contribution in [2.45, 2.75) is 20.4 Å². The molecule has 0 saturated carbocycles. The Bertz CT molecular complexity index is 913. The van der Waals surface area contributed by atoms with E-state index in [9.17, 15) is 4.79 Å². The zero-order valence-corrected chi connectivity index (χ0v) is 16.1. The zero-order valence-electron chi connectivity index (χ0n) is 15.3. The summed E-state index contributed by atoms with van der Waals surface area (Å²) in [5.74, 6) is 0.346. The first-order chi connectivity index (χ1) is 13.1. The number of hydrogen-bond donors (Lipinski definition) is 1. The maximum Gasteiger partial charge on any atom is 0.258 e. The number of nitrogens with one attached hydrogen (secondary N) is 1. The van der Waals surface area contributed by atoms with E-state index in [0.717, 1.165) is 12.1 Å². The molecule has 0 saturated heterocycles. The van der Waals surface area contributed by atoms with Crippen LogP contribution in [0.3, 0.4) is 0 Å². The van der Waals surface area contributed by atoms with Crippen LogP contribution in [0.25, 0.3) is 0 Å². The van der Waals surface area contributed by atoms with Gasteiger partial charge in [-0.3, -0.25) is 4.79 Å². The molecule has 0 bridgehead atoms. The fourth-order valence-corrected chi connectivity index (χ4v) is 2.92. The minimum atomic E-state index is -0.252. The summed E-state index contributed by atoms with van der Waals surface area (Å²) in [6.07, 6.45) is 3.10. The lowest BCUT2D eigenvalue weighted by atomic mass is 10.2. The summed E-state index contributed by atoms with van der Waals surface area (Å²) in [6.45, 7) is 5.43. The lowest BCUT2D eigenvalue weighted by molar-refractivity contribution is 0.102. The molecule has 5 nitrogen and oxygen atoms in total. The van der Waals surface area contributed by atoms with Crippen molar-refractivity contribution in [1.82, 2.24) is 9.97 Å². The molecule has 138 valence electrons. The first kappa shape index (κ1) is 18.9. The van der Waals surface area contributed by atoms with Gasteiger partial charge in [0.1, 0.15) is 0 Å². The summed E-state index contributed by atoms with van der Waals surface area (Å²) in [5.41, 5.74) is 3.20. The number of anilines is 2. The third-order valence-electron chi connectivity index (χ3n) is 4.22. The second kappa shape index (κ2) is 8.64. The lowest BCUT2D eigenvalue weighted by Crippen LogP contribution is -2.24. The lowest BCUT2D eigenvalue weighted by Gasteiger charge is -2.20. The van der Waals surface area contributed by atoms with Crippen molar-refractivity contribution >= 4 is 29.1 Å². The minimum absolute atomic E-state index is 0.252. The maximum absolute atomic E-state index is 12.5. The Morgan fingerprint density at radius 1 is 1.11 bits per heavy atom. The SMILES string of the molecule is CCN(Cc1ccccc1)c1ncc(C(=O)Nc2ccc(Cl)cc2C)cn1. The van der Waals surface area contributed by atoms with Gasteiger partial charge in [0.05, 0.1) is 5.56 Å². The van der Waals surface area contributed by atoms with Crippen LogP contribution in [0.2, 0.25) is 5.02 Å². The number of carbonyl (C=O) groups is 1. The molecular formula is C21H21ClN4O. The van der Waals surface area contributed by atoms with Crippen LogP contribution in [0.1, 0.15) is 28.4 Å². The van der Waals surface area contributed by atoms with E-state index in [0.29, 0.717) is 28.8 Å². The Balaban J connectivity index is 1.70. The van der Waals surface area contributed by atoms with Gasteiger partial charge in [-0.25, -0.2) is 9.97 Å². The Morgan fingerprint density at radius 2 is 1.81 bits per heavy atom. The highest BCUT2D eigenvalue weighted by Gasteiger charge is 2.12. The molecule has 1 N–H and O–H groups in total. The van der Waals surface area contributed by atoms with Crippen LogP contribution in [0, 0.1) is 6.92 Å². The van der Waals surface area contributed by atoms with Crippen molar-refractivity contribution in [2.75, 3.05) is 16.8 Å². The molecule has 3 aromatic rings.